The average Bonchev–Trinajstić information content (AvgIpc) is 2.64. The van der Waals surface area contributed by atoms with Gasteiger partial charge in [-0.2, -0.15) is 0 Å². The maximum atomic E-state index is 12.9. The van der Waals surface area contributed by atoms with Crippen LogP contribution >= 0.6 is 12.4 Å². The van der Waals surface area contributed by atoms with Gasteiger partial charge in [-0.05, 0) is 43.1 Å². The van der Waals surface area contributed by atoms with Crippen molar-refractivity contribution in [2.45, 2.75) is 59.0 Å². The van der Waals surface area contributed by atoms with Gasteiger partial charge in [-0.15, -0.1) is 12.4 Å². The summed E-state index contributed by atoms with van der Waals surface area (Å²) in [6, 6.07) is 8.54. The number of carbonyl (C=O) groups is 2. The van der Waals surface area contributed by atoms with Crippen LogP contribution in [0.25, 0.3) is 0 Å². The molecular formula is C22H35ClN2O3. The highest BCUT2D eigenvalue weighted by atomic mass is 35.5. The van der Waals surface area contributed by atoms with E-state index in [0.29, 0.717) is 17.8 Å². The van der Waals surface area contributed by atoms with E-state index in [2.05, 4.69) is 26.1 Å². The van der Waals surface area contributed by atoms with E-state index in [9.17, 15) is 9.59 Å². The van der Waals surface area contributed by atoms with Gasteiger partial charge in [0.05, 0.1) is 18.0 Å². The quantitative estimate of drug-likeness (QED) is 0.668. The van der Waals surface area contributed by atoms with E-state index in [4.69, 9.17) is 10.5 Å². The molecule has 1 aromatic rings. The van der Waals surface area contributed by atoms with Crippen LogP contribution in [0.15, 0.2) is 30.3 Å². The molecule has 5 nitrogen and oxygen atoms in total. The summed E-state index contributed by atoms with van der Waals surface area (Å²) in [6.45, 7) is 8.32. The predicted molar refractivity (Wildman–Crippen MR) is 114 cm³/mol. The molecule has 1 saturated carbocycles. The van der Waals surface area contributed by atoms with Crippen LogP contribution in [-0.4, -0.2) is 24.5 Å². The molecule has 158 valence electrons. The molecule has 1 fully saturated rings. The predicted octanol–water partition coefficient (Wildman–Crippen LogP) is 3.86. The topological polar surface area (TPSA) is 81.4 Å². The van der Waals surface area contributed by atoms with Crippen LogP contribution in [0.3, 0.4) is 0 Å². The highest BCUT2D eigenvalue weighted by Gasteiger charge is 2.36. The second-order valence-corrected chi connectivity index (χ2v) is 8.32. The number of amides is 1. The first-order chi connectivity index (χ1) is 12.8. The van der Waals surface area contributed by atoms with Crippen LogP contribution in [0, 0.1) is 23.7 Å². The molecule has 0 bridgehead atoms. The zero-order chi connectivity index (χ0) is 20.0. The molecule has 0 aromatic heterocycles. The van der Waals surface area contributed by atoms with E-state index >= 15 is 0 Å². The summed E-state index contributed by atoms with van der Waals surface area (Å²) in [4.78, 5) is 24.9. The third-order valence-electron chi connectivity index (χ3n) is 5.65. The van der Waals surface area contributed by atoms with Gasteiger partial charge in [-0.25, -0.2) is 0 Å². The van der Waals surface area contributed by atoms with Crippen molar-refractivity contribution in [2.75, 3.05) is 6.61 Å². The lowest BCUT2D eigenvalue weighted by atomic mass is 9.70. The summed E-state index contributed by atoms with van der Waals surface area (Å²) in [5, 5.41) is 2.89. The number of carbonyl (C=O) groups excluding carboxylic acids is 2. The summed E-state index contributed by atoms with van der Waals surface area (Å²) in [5.41, 5.74) is 6.58. The fourth-order valence-electron chi connectivity index (χ4n) is 3.96. The van der Waals surface area contributed by atoms with Crippen LogP contribution in [0.2, 0.25) is 0 Å². The number of halogens is 1. The van der Waals surface area contributed by atoms with Gasteiger partial charge >= 0.3 is 5.97 Å². The summed E-state index contributed by atoms with van der Waals surface area (Å²) in [7, 11) is 0. The fourth-order valence-corrected chi connectivity index (χ4v) is 3.96. The molecule has 0 saturated heterocycles. The Hall–Kier alpha value is -1.59. The average molecular weight is 411 g/mol. The van der Waals surface area contributed by atoms with E-state index in [0.717, 1.165) is 18.4 Å². The Bertz CT molecular complexity index is 621. The van der Waals surface area contributed by atoms with Gasteiger partial charge in [-0.3, -0.25) is 9.59 Å². The molecule has 3 N–H and O–H groups in total. The Labute approximate surface area is 175 Å². The first kappa shape index (κ1) is 24.4. The minimum Gasteiger partial charge on any atom is -0.463 e. The second kappa shape index (κ2) is 11.4. The van der Waals surface area contributed by atoms with Crippen molar-refractivity contribution in [2.24, 2.45) is 29.4 Å². The summed E-state index contributed by atoms with van der Waals surface area (Å²) < 4.78 is 5.71. The summed E-state index contributed by atoms with van der Waals surface area (Å²) in [6.07, 6.45) is 3.12. The monoisotopic (exact) mass is 410 g/mol. The van der Waals surface area contributed by atoms with Crippen molar-refractivity contribution in [3.8, 4) is 0 Å². The molecule has 1 aliphatic carbocycles. The third-order valence-corrected chi connectivity index (χ3v) is 5.65. The molecule has 1 amide bonds. The number of esters is 1. The van der Waals surface area contributed by atoms with E-state index in [1.54, 1.807) is 6.92 Å². The number of hydrogen-bond donors (Lipinski definition) is 2. The number of benzene rings is 1. The molecule has 5 atom stereocenters. The van der Waals surface area contributed by atoms with Crippen LogP contribution in [0.5, 0.6) is 0 Å². The molecule has 1 aliphatic rings. The maximum absolute atomic E-state index is 12.9. The number of nitrogens with two attached hydrogens (primary N) is 1. The Balaban J connectivity index is 0.00000392. The zero-order valence-corrected chi connectivity index (χ0v) is 18.2. The normalized spacial score (nSPS) is 24.0. The van der Waals surface area contributed by atoms with Crippen LogP contribution < -0.4 is 11.1 Å². The van der Waals surface area contributed by atoms with Gasteiger partial charge in [0.2, 0.25) is 5.91 Å². The molecule has 28 heavy (non-hydrogen) atoms. The van der Waals surface area contributed by atoms with Crippen molar-refractivity contribution >= 4 is 24.3 Å². The Morgan fingerprint density at radius 2 is 1.82 bits per heavy atom. The van der Waals surface area contributed by atoms with E-state index in [-0.39, 0.29) is 36.8 Å². The number of hydrogen-bond acceptors (Lipinski definition) is 4. The van der Waals surface area contributed by atoms with Crippen molar-refractivity contribution in [1.82, 2.24) is 5.32 Å². The van der Waals surface area contributed by atoms with Crippen molar-refractivity contribution < 1.29 is 14.3 Å². The SMILES string of the molecule is CC(C)[C@@H]1CC[C@@H](C)C[C@H]1C(=O)OC[C@@H](NC(=O)[C@H](C)N)c1ccccc1.Cl. The second-order valence-electron chi connectivity index (χ2n) is 8.32. The number of ether oxygens (including phenoxy) is 1. The highest BCUT2D eigenvalue weighted by molar-refractivity contribution is 5.85. The minimum absolute atomic E-state index is 0. The van der Waals surface area contributed by atoms with Gasteiger partial charge in [0.1, 0.15) is 6.61 Å². The lowest BCUT2D eigenvalue weighted by Crippen LogP contribution is -2.42. The molecule has 0 radical (unpaired) electrons. The molecule has 2 rings (SSSR count). The Morgan fingerprint density at radius 1 is 1.18 bits per heavy atom. The number of nitrogens with one attached hydrogen (secondary N) is 1. The standard InChI is InChI=1S/C22H34N2O3.ClH/c1-14(2)18-11-10-15(3)12-19(18)22(26)27-13-20(24-21(25)16(4)23)17-8-6-5-7-9-17;/h5-9,14-16,18-20H,10-13,23H2,1-4H3,(H,24,25);1H/t15-,16+,18+,19-,20-;/m1./s1. The third kappa shape index (κ3) is 6.78. The minimum atomic E-state index is -0.614. The first-order valence-electron chi connectivity index (χ1n) is 10.1. The lowest BCUT2D eigenvalue weighted by molar-refractivity contribution is -0.154. The molecular weight excluding hydrogens is 376 g/mol. The summed E-state index contributed by atoms with van der Waals surface area (Å²) >= 11 is 0. The van der Waals surface area contributed by atoms with Crippen LogP contribution in [0.1, 0.15) is 58.6 Å². The molecule has 0 heterocycles. The molecule has 0 spiro atoms. The summed E-state index contributed by atoms with van der Waals surface area (Å²) in [5.74, 6) is 0.900. The van der Waals surface area contributed by atoms with Gasteiger partial charge in [0.15, 0.2) is 0 Å². The van der Waals surface area contributed by atoms with Crippen molar-refractivity contribution in [3.63, 3.8) is 0 Å². The van der Waals surface area contributed by atoms with Gasteiger partial charge < -0.3 is 15.8 Å². The van der Waals surface area contributed by atoms with Crippen molar-refractivity contribution in [3.05, 3.63) is 35.9 Å². The highest BCUT2D eigenvalue weighted by Crippen LogP contribution is 2.38. The van der Waals surface area contributed by atoms with Gasteiger partial charge in [0.25, 0.3) is 0 Å². The Morgan fingerprint density at radius 3 is 2.39 bits per heavy atom. The smallest absolute Gasteiger partial charge is 0.309 e. The fraction of sp³-hybridized carbons (Fsp3) is 0.636. The molecule has 1 aromatic carbocycles. The van der Waals surface area contributed by atoms with E-state index in [1.807, 2.05) is 30.3 Å². The molecule has 0 unspecified atom stereocenters. The Kier molecular flexibility index (Phi) is 9.97. The maximum Gasteiger partial charge on any atom is 0.309 e. The van der Waals surface area contributed by atoms with E-state index < -0.39 is 12.1 Å². The lowest BCUT2D eigenvalue weighted by Gasteiger charge is -2.36. The van der Waals surface area contributed by atoms with Crippen molar-refractivity contribution in [1.29, 1.82) is 0 Å². The number of rotatable bonds is 7. The van der Waals surface area contributed by atoms with Crippen LogP contribution in [-0.2, 0) is 14.3 Å². The van der Waals surface area contributed by atoms with E-state index in [1.165, 1.54) is 6.42 Å². The molecule has 6 heteroatoms. The molecule has 0 aliphatic heterocycles. The first-order valence-corrected chi connectivity index (χ1v) is 10.1. The van der Waals surface area contributed by atoms with Gasteiger partial charge in [-0.1, -0.05) is 57.5 Å². The largest absolute Gasteiger partial charge is 0.463 e. The zero-order valence-electron chi connectivity index (χ0n) is 17.4. The van der Waals surface area contributed by atoms with Crippen LogP contribution in [0.4, 0.5) is 0 Å². The van der Waals surface area contributed by atoms with Gasteiger partial charge in [0, 0.05) is 0 Å².